The average molecular weight is 241 g/mol. The van der Waals surface area contributed by atoms with Gasteiger partial charge < -0.3 is 10.5 Å². The molecule has 0 heterocycles. The summed E-state index contributed by atoms with van der Waals surface area (Å²) in [5, 5.41) is 0. The highest BCUT2D eigenvalue weighted by Gasteiger charge is 2.03. The SMILES string of the molecule is COC(=O)Cc1ccc(-c2cccc(N)c2)cc1. The van der Waals surface area contributed by atoms with E-state index in [4.69, 9.17) is 5.73 Å². The van der Waals surface area contributed by atoms with Gasteiger partial charge in [0.2, 0.25) is 0 Å². The van der Waals surface area contributed by atoms with E-state index in [9.17, 15) is 4.79 Å². The zero-order chi connectivity index (χ0) is 13.0. The van der Waals surface area contributed by atoms with Gasteiger partial charge in [-0.2, -0.15) is 0 Å². The number of hydrogen-bond acceptors (Lipinski definition) is 3. The van der Waals surface area contributed by atoms with Gasteiger partial charge >= 0.3 is 5.97 Å². The van der Waals surface area contributed by atoms with Crippen LogP contribution in [0.5, 0.6) is 0 Å². The number of rotatable bonds is 3. The Kier molecular flexibility index (Phi) is 3.63. The molecule has 0 atom stereocenters. The maximum Gasteiger partial charge on any atom is 0.309 e. The van der Waals surface area contributed by atoms with Gasteiger partial charge in [-0.1, -0.05) is 36.4 Å². The van der Waals surface area contributed by atoms with Gasteiger partial charge in [0.1, 0.15) is 0 Å². The molecule has 0 amide bonds. The number of anilines is 1. The molecule has 0 radical (unpaired) electrons. The number of carbonyl (C=O) groups excluding carboxylic acids is 1. The monoisotopic (exact) mass is 241 g/mol. The molecule has 0 fully saturated rings. The lowest BCUT2D eigenvalue weighted by Gasteiger charge is -2.05. The van der Waals surface area contributed by atoms with Gasteiger partial charge in [0.15, 0.2) is 0 Å². The van der Waals surface area contributed by atoms with E-state index >= 15 is 0 Å². The minimum Gasteiger partial charge on any atom is -0.469 e. The first kappa shape index (κ1) is 12.2. The van der Waals surface area contributed by atoms with Gasteiger partial charge in [-0.3, -0.25) is 4.79 Å². The molecular formula is C15H15NO2. The zero-order valence-electron chi connectivity index (χ0n) is 10.2. The van der Waals surface area contributed by atoms with Crippen molar-refractivity contribution in [1.82, 2.24) is 0 Å². The van der Waals surface area contributed by atoms with E-state index in [0.717, 1.165) is 22.4 Å². The van der Waals surface area contributed by atoms with Crippen LogP contribution >= 0.6 is 0 Å². The molecule has 2 rings (SSSR count). The van der Waals surface area contributed by atoms with Crippen molar-refractivity contribution >= 4 is 11.7 Å². The van der Waals surface area contributed by atoms with Crippen LogP contribution < -0.4 is 5.73 Å². The molecule has 2 aromatic carbocycles. The van der Waals surface area contributed by atoms with E-state index < -0.39 is 0 Å². The van der Waals surface area contributed by atoms with E-state index in [-0.39, 0.29) is 5.97 Å². The van der Waals surface area contributed by atoms with Crippen LogP contribution in [0.2, 0.25) is 0 Å². The second-order valence-electron chi connectivity index (χ2n) is 4.08. The van der Waals surface area contributed by atoms with E-state index in [1.807, 2.05) is 48.5 Å². The maximum absolute atomic E-state index is 11.1. The van der Waals surface area contributed by atoms with E-state index in [1.54, 1.807) is 0 Å². The fourth-order valence-electron chi connectivity index (χ4n) is 1.77. The summed E-state index contributed by atoms with van der Waals surface area (Å²) in [5.74, 6) is -0.230. The van der Waals surface area contributed by atoms with Crippen LogP contribution in [0.4, 0.5) is 5.69 Å². The first-order chi connectivity index (χ1) is 8.69. The molecule has 0 spiro atoms. The van der Waals surface area contributed by atoms with Gasteiger partial charge in [-0.05, 0) is 28.8 Å². The molecule has 0 aliphatic carbocycles. The Labute approximate surface area is 106 Å². The summed E-state index contributed by atoms with van der Waals surface area (Å²) < 4.78 is 4.63. The third kappa shape index (κ3) is 2.88. The third-order valence-corrected chi connectivity index (χ3v) is 2.75. The zero-order valence-corrected chi connectivity index (χ0v) is 10.2. The van der Waals surface area contributed by atoms with Crippen LogP contribution in [0.15, 0.2) is 48.5 Å². The first-order valence-corrected chi connectivity index (χ1v) is 5.71. The molecule has 0 saturated carbocycles. The number of methoxy groups -OCH3 is 1. The Morgan fingerprint density at radius 2 is 1.83 bits per heavy atom. The summed E-state index contributed by atoms with van der Waals surface area (Å²) in [6, 6.07) is 15.5. The van der Waals surface area contributed by atoms with Crippen molar-refractivity contribution in [2.75, 3.05) is 12.8 Å². The van der Waals surface area contributed by atoms with Gasteiger partial charge in [0.05, 0.1) is 13.5 Å². The molecule has 0 aliphatic heterocycles. The Balaban J connectivity index is 2.19. The molecular weight excluding hydrogens is 226 g/mol. The number of hydrogen-bond donors (Lipinski definition) is 1. The van der Waals surface area contributed by atoms with Crippen LogP contribution in [0.25, 0.3) is 11.1 Å². The highest BCUT2D eigenvalue weighted by atomic mass is 16.5. The third-order valence-electron chi connectivity index (χ3n) is 2.75. The van der Waals surface area contributed by atoms with Gasteiger partial charge in [-0.25, -0.2) is 0 Å². The van der Waals surface area contributed by atoms with Gasteiger partial charge in [-0.15, -0.1) is 0 Å². The van der Waals surface area contributed by atoms with Crippen LogP contribution in [0, 0.1) is 0 Å². The molecule has 92 valence electrons. The molecule has 2 N–H and O–H groups in total. The second kappa shape index (κ2) is 5.36. The standard InChI is InChI=1S/C15H15NO2/c1-18-15(17)9-11-5-7-12(8-6-11)13-3-2-4-14(16)10-13/h2-8,10H,9,16H2,1H3. The highest BCUT2D eigenvalue weighted by Crippen LogP contribution is 2.21. The summed E-state index contributed by atoms with van der Waals surface area (Å²) in [6.07, 6.45) is 0.299. The predicted octanol–water partition coefficient (Wildman–Crippen LogP) is 2.65. The van der Waals surface area contributed by atoms with Crippen molar-refractivity contribution in [2.24, 2.45) is 0 Å². The molecule has 0 unspecified atom stereocenters. The topological polar surface area (TPSA) is 52.3 Å². The number of benzene rings is 2. The van der Waals surface area contributed by atoms with Crippen LogP contribution in [-0.4, -0.2) is 13.1 Å². The maximum atomic E-state index is 11.1. The lowest BCUT2D eigenvalue weighted by Crippen LogP contribution is -2.04. The summed E-state index contributed by atoms with van der Waals surface area (Å²) in [6.45, 7) is 0. The second-order valence-corrected chi connectivity index (χ2v) is 4.08. The smallest absolute Gasteiger partial charge is 0.309 e. The molecule has 0 bridgehead atoms. The quantitative estimate of drug-likeness (QED) is 0.664. The summed E-state index contributed by atoms with van der Waals surface area (Å²) in [5.41, 5.74) is 9.58. The Morgan fingerprint density at radius 1 is 1.11 bits per heavy atom. The van der Waals surface area contributed by atoms with Gasteiger partial charge in [0, 0.05) is 5.69 Å². The number of nitrogens with two attached hydrogens (primary N) is 1. The predicted molar refractivity (Wildman–Crippen MR) is 72.0 cm³/mol. The number of esters is 1. The van der Waals surface area contributed by atoms with Crippen LogP contribution in [-0.2, 0) is 16.0 Å². The highest BCUT2D eigenvalue weighted by molar-refractivity contribution is 5.73. The summed E-state index contributed by atoms with van der Waals surface area (Å²) in [4.78, 5) is 11.1. The average Bonchev–Trinajstić information content (AvgIpc) is 2.39. The van der Waals surface area contributed by atoms with E-state index in [1.165, 1.54) is 7.11 Å². The van der Waals surface area contributed by atoms with Crippen molar-refractivity contribution in [2.45, 2.75) is 6.42 Å². The van der Waals surface area contributed by atoms with E-state index in [0.29, 0.717) is 6.42 Å². The normalized spacial score (nSPS) is 10.1. The first-order valence-electron chi connectivity index (χ1n) is 5.71. The molecule has 0 saturated heterocycles. The molecule has 0 aromatic heterocycles. The number of ether oxygens (including phenoxy) is 1. The lowest BCUT2D eigenvalue weighted by atomic mass is 10.0. The van der Waals surface area contributed by atoms with Crippen molar-refractivity contribution in [3.05, 3.63) is 54.1 Å². The minimum atomic E-state index is -0.230. The molecule has 2 aromatic rings. The van der Waals surface area contributed by atoms with Crippen molar-refractivity contribution in [3.8, 4) is 11.1 Å². The van der Waals surface area contributed by atoms with Crippen molar-refractivity contribution < 1.29 is 9.53 Å². The Hall–Kier alpha value is -2.29. The molecule has 18 heavy (non-hydrogen) atoms. The molecule has 0 aliphatic rings. The molecule has 3 nitrogen and oxygen atoms in total. The van der Waals surface area contributed by atoms with Crippen LogP contribution in [0.1, 0.15) is 5.56 Å². The van der Waals surface area contributed by atoms with Crippen molar-refractivity contribution in [1.29, 1.82) is 0 Å². The molecule has 3 heteroatoms. The fourth-order valence-corrected chi connectivity index (χ4v) is 1.77. The number of nitrogen functional groups attached to an aromatic ring is 1. The summed E-state index contributed by atoms with van der Waals surface area (Å²) in [7, 11) is 1.39. The Morgan fingerprint density at radius 3 is 2.44 bits per heavy atom. The Bertz CT molecular complexity index is 547. The lowest BCUT2D eigenvalue weighted by molar-refractivity contribution is -0.139. The van der Waals surface area contributed by atoms with Crippen molar-refractivity contribution in [3.63, 3.8) is 0 Å². The van der Waals surface area contributed by atoms with Gasteiger partial charge in [0.25, 0.3) is 0 Å². The minimum absolute atomic E-state index is 0.230. The summed E-state index contributed by atoms with van der Waals surface area (Å²) >= 11 is 0. The number of carbonyl (C=O) groups is 1. The fraction of sp³-hybridized carbons (Fsp3) is 0.133. The van der Waals surface area contributed by atoms with E-state index in [2.05, 4.69) is 4.74 Å². The van der Waals surface area contributed by atoms with Crippen LogP contribution in [0.3, 0.4) is 0 Å². The largest absolute Gasteiger partial charge is 0.469 e.